The molecule has 0 saturated carbocycles. The zero-order chi connectivity index (χ0) is 10.7. The molecule has 1 rings (SSSR count). The first-order valence-electron chi connectivity index (χ1n) is 4.75. The average Bonchev–Trinajstić information content (AvgIpc) is 2.15. The van der Waals surface area contributed by atoms with E-state index < -0.39 is 6.10 Å². The molecule has 0 saturated heterocycles. The summed E-state index contributed by atoms with van der Waals surface area (Å²) in [5, 5.41) is 19.1. The Morgan fingerprint density at radius 3 is 2.43 bits per heavy atom. The summed E-state index contributed by atoms with van der Waals surface area (Å²) in [4.78, 5) is 0. The van der Waals surface area contributed by atoms with Crippen molar-refractivity contribution in [2.45, 2.75) is 26.0 Å². The second-order valence-electron chi connectivity index (χ2n) is 3.86. The van der Waals surface area contributed by atoms with Crippen LogP contribution in [0.5, 0.6) is 5.75 Å². The summed E-state index contributed by atoms with van der Waals surface area (Å²) in [6.45, 7) is 3.91. The lowest BCUT2D eigenvalue weighted by atomic mass is 9.94. The van der Waals surface area contributed by atoms with Gasteiger partial charge in [-0.1, -0.05) is 26.0 Å². The predicted octanol–water partition coefficient (Wildman–Crippen LogP) is 1.41. The van der Waals surface area contributed by atoms with Crippen LogP contribution in [0.1, 0.15) is 25.5 Å². The fraction of sp³-hybridized carbons (Fsp3) is 0.455. The highest BCUT2D eigenvalue weighted by Gasteiger charge is 2.19. The molecular weight excluding hydrogens is 178 g/mol. The molecule has 0 aliphatic carbocycles. The van der Waals surface area contributed by atoms with Gasteiger partial charge in [0.1, 0.15) is 5.75 Å². The number of nitrogens with two attached hydrogens (primary N) is 1. The summed E-state index contributed by atoms with van der Waals surface area (Å²) in [6, 6.07) is 6.24. The zero-order valence-electron chi connectivity index (χ0n) is 8.51. The zero-order valence-corrected chi connectivity index (χ0v) is 8.51. The maximum absolute atomic E-state index is 9.85. The normalized spacial score (nSPS) is 15.5. The van der Waals surface area contributed by atoms with Gasteiger partial charge in [-0.25, -0.2) is 0 Å². The molecule has 3 nitrogen and oxygen atoms in total. The van der Waals surface area contributed by atoms with Crippen LogP contribution in [0.15, 0.2) is 24.3 Å². The Morgan fingerprint density at radius 2 is 1.93 bits per heavy atom. The third-order valence-corrected chi connectivity index (χ3v) is 2.35. The Bertz CT molecular complexity index is 299. The summed E-state index contributed by atoms with van der Waals surface area (Å²) in [5.41, 5.74) is 6.47. The van der Waals surface area contributed by atoms with Crippen molar-refractivity contribution in [3.8, 4) is 5.75 Å². The number of aromatic hydroxyl groups is 1. The summed E-state index contributed by atoms with van der Waals surface area (Å²) >= 11 is 0. The summed E-state index contributed by atoms with van der Waals surface area (Å²) in [5.74, 6) is 0.352. The van der Waals surface area contributed by atoms with Gasteiger partial charge in [0, 0.05) is 6.04 Å². The van der Waals surface area contributed by atoms with Gasteiger partial charge in [0.05, 0.1) is 6.10 Å². The van der Waals surface area contributed by atoms with E-state index >= 15 is 0 Å². The van der Waals surface area contributed by atoms with Gasteiger partial charge in [-0.3, -0.25) is 0 Å². The Balaban J connectivity index is 2.83. The van der Waals surface area contributed by atoms with Crippen LogP contribution >= 0.6 is 0 Å². The molecule has 1 aromatic rings. The molecular formula is C11H17NO2. The van der Waals surface area contributed by atoms with E-state index in [2.05, 4.69) is 0 Å². The molecule has 78 valence electrons. The van der Waals surface area contributed by atoms with Gasteiger partial charge in [-0.2, -0.15) is 0 Å². The Hall–Kier alpha value is -1.06. The molecule has 0 aliphatic rings. The highest BCUT2D eigenvalue weighted by Crippen LogP contribution is 2.22. The number of aliphatic hydroxyl groups excluding tert-OH is 1. The van der Waals surface area contributed by atoms with Crippen LogP contribution in [-0.4, -0.2) is 16.3 Å². The Morgan fingerprint density at radius 1 is 1.29 bits per heavy atom. The Kier molecular flexibility index (Phi) is 3.49. The first-order chi connectivity index (χ1) is 6.52. The standard InChI is InChI=1S/C11H17NO2/c1-7(2)10(12)11(14)8-4-3-5-9(13)6-8/h3-7,10-11,13-14H,12H2,1-2H3/t10-,11-/m0/s1. The van der Waals surface area contributed by atoms with E-state index in [0.29, 0.717) is 5.56 Å². The maximum Gasteiger partial charge on any atom is 0.115 e. The van der Waals surface area contributed by atoms with Crippen molar-refractivity contribution in [2.24, 2.45) is 11.7 Å². The van der Waals surface area contributed by atoms with Gasteiger partial charge in [0.2, 0.25) is 0 Å². The smallest absolute Gasteiger partial charge is 0.115 e. The van der Waals surface area contributed by atoms with E-state index in [9.17, 15) is 10.2 Å². The lowest BCUT2D eigenvalue weighted by Gasteiger charge is -2.22. The molecule has 0 bridgehead atoms. The molecule has 0 aromatic heterocycles. The quantitative estimate of drug-likeness (QED) is 0.683. The van der Waals surface area contributed by atoms with Crippen LogP contribution in [0.3, 0.4) is 0 Å². The lowest BCUT2D eigenvalue weighted by molar-refractivity contribution is 0.125. The molecule has 0 aliphatic heterocycles. The molecule has 1 aromatic carbocycles. The van der Waals surface area contributed by atoms with Crippen LogP contribution < -0.4 is 5.73 Å². The summed E-state index contributed by atoms with van der Waals surface area (Å²) in [7, 11) is 0. The summed E-state index contributed by atoms with van der Waals surface area (Å²) in [6.07, 6.45) is -0.720. The van der Waals surface area contributed by atoms with Crippen molar-refractivity contribution in [3.63, 3.8) is 0 Å². The van der Waals surface area contributed by atoms with Crippen LogP contribution in [-0.2, 0) is 0 Å². The molecule has 4 N–H and O–H groups in total. The second kappa shape index (κ2) is 4.44. The summed E-state index contributed by atoms with van der Waals surface area (Å²) < 4.78 is 0. The van der Waals surface area contributed by atoms with Gasteiger partial charge >= 0.3 is 0 Å². The molecule has 0 heterocycles. The van der Waals surface area contributed by atoms with Crippen LogP contribution in [0.4, 0.5) is 0 Å². The van der Waals surface area contributed by atoms with Gasteiger partial charge in [-0.05, 0) is 23.6 Å². The van der Waals surface area contributed by atoms with Gasteiger partial charge in [-0.15, -0.1) is 0 Å². The predicted molar refractivity (Wildman–Crippen MR) is 55.9 cm³/mol. The number of benzene rings is 1. The highest BCUT2D eigenvalue weighted by atomic mass is 16.3. The van der Waals surface area contributed by atoms with Gasteiger partial charge in [0.15, 0.2) is 0 Å². The van der Waals surface area contributed by atoms with Crippen molar-refractivity contribution in [2.75, 3.05) is 0 Å². The average molecular weight is 195 g/mol. The van der Waals surface area contributed by atoms with E-state index in [-0.39, 0.29) is 17.7 Å². The molecule has 0 radical (unpaired) electrons. The monoisotopic (exact) mass is 195 g/mol. The molecule has 0 fully saturated rings. The fourth-order valence-corrected chi connectivity index (χ4v) is 1.30. The number of phenolic OH excluding ortho intramolecular Hbond substituents is 1. The molecule has 0 unspecified atom stereocenters. The van der Waals surface area contributed by atoms with Crippen LogP contribution in [0, 0.1) is 5.92 Å². The highest BCUT2D eigenvalue weighted by molar-refractivity contribution is 5.29. The van der Waals surface area contributed by atoms with Crippen molar-refractivity contribution in [1.29, 1.82) is 0 Å². The van der Waals surface area contributed by atoms with Crippen molar-refractivity contribution < 1.29 is 10.2 Å². The second-order valence-corrected chi connectivity index (χ2v) is 3.86. The molecule has 14 heavy (non-hydrogen) atoms. The SMILES string of the molecule is CC(C)[C@H](N)[C@@H](O)c1cccc(O)c1. The fourth-order valence-electron chi connectivity index (χ4n) is 1.30. The maximum atomic E-state index is 9.85. The minimum absolute atomic E-state index is 0.150. The van der Waals surface area contributed by atoms with Gasteiger partial charge < -0.3 is 15.9 Å². The van der Waals surface area contributed by atoms with Crippen LogP contribution in [0.2, 0.25) is 0 Å². The van der Waals surface area contributed by atoms with E-state index in [1.54, 1.807) is 18.2 Å². The molecule has 2 atom stereocenters. The number of hydrogen-bond donors (Lipinski definition) is 3. The first-order valence-corrected chi connectivity index (χ1v) is 4.75. The van der Waals surface area contributed by atoms with Crippen molar-refractivity contribution in [3.05, 3.63) is 29.8 Å². The molecule has 3 heteroatoms. The van der Waals surface area contributed by atoms with E-state index in [1.165, 1.54) is 6.07 Å². The largest absolute Gasteiger partial charge is 0.508 e. The minimum atomic E-state index is -0.720. The first kappa shape index (κ1) is 11.0. The Labute approximate surface area is 84.2 Å². The third-order valence-electron chi connectivity index (χ3n) is 2.35. The van der Waals surface area contributed by atoms with Gasteiger partial charge in [0.25, 0.3) is 0 Å². The van der Waals surface area contributed by atoms with E-state index in [4.69, 9.17) is 5.73 Å². The number of hydrogen-bond acceptors (Lipinski definition) is 3. The van der Waals surface area contributed by atoms with Crippen molar-refractivity contribution >= 4 is 0 Å². The van der Waals surface area contributed by atoms with Crippen LogP contribution in [0.25, 0.3) is 0 Å². The molecule has 0 amide bonds. The molecule has 0 spiro atoms. The van der Waals surface area contributed by atoms with E-state index in [0.717, 1.165) is 0 Å². The minimum Gasteiger partial charge on any atom is -0.508 e. The number of rotatable bonds is 3. The number of phenols is 1. The number of aliphatic hydroxyl groups is 1. The third kappa shape index (κ3) is 2.47. The van der Waals surface area contributed by atoms with E-state index in [1.807, 2.05) is 13.8 Å². The van der Waals surface area contributed by atoms with Crippen molar-refractivity contribution in [1.82, 2.24) is 0 Å². The topological polar surface area (TPSA) is 66.5 Å². The lowest BCUT2D eigenvalue weighted by Crippen LogP contribution is -2.33.